The summed E-state index contributed by atoms with van der Waals surface area (Å²) in [7, 11) is 0. The van der Waals surface area contributed by atoms with Gasteiger partial charge in [0.1, 0.15) is 15.6 Å². The van der Waals surface area contributed by atoms with Crippen molar-refractivity contribution in [1.29, 1.82) is 0 Å². The summed E-state index contributed by atoms with van der Waals surface area (Å²) in [5.74, 6) is -0.0174. The van der Waals surface area contributed by atoms with Crippen LogP contribution in [0.3, 0.4) is 0 Å². The van der Waals surface area contributed by atoms with E-state index in [1.54, 1.807) is 4.68 Å². The molecule has 0 bridgehead atoms. The van der Waals surface area contributed by atoms with Gasteiger partial charge in [0.2, 0.25) is 0 Å². The van der Waals surface area contributed by atoms with E-state index in [1.165, 1.54) is 30.6 Å². The van der Waals surface area contributed by atoms with Crippen LogP contribution in [0, 0.1) is 13.8 Å². The molecule has 0 saturated heterocycles. The number of amides is 1. The minimum Gasteiger partial charge on any atom is -0.349 e. The molecular weight excluding hydrogens is 358 g/mol. The van der Waals surface area contributed by atoms with E-state index >= 15 is 0 Å². The number of hydrogen-bond acceptors (Lipinski definition) is 5. The molecule has 0 atom stereocenters. The molecule has 1 N–H and O–H groups in total. The fraction of sp³-hybridized carbons (Fsp3) is 0.400. The molecule has 1 aromatic carbocycles. The zero-order valence-corrected chi connectivity index (χ0v) is 16.4. The van der Waals surface area contributed by atoms with Gasteiger partial charge < -0.3 is 5.32 Å². The molecule has 3 aromatic rings. The molecule has 1 aliphatic rings. The maximum absolute atomic E-state index is 12.7. The van der Waals surface area contributed by atoms with Crippen LogP contribution in [0.5, 0.6) is 0 Å². The zero-order valence-electron chi connectivity index (χ0n) is 15.6. The summed E-state index contributed by atoms with van der Waals surface area (Å²) >= 11 is 1.39. The standard InChI is InChI=1S/C20H23N5OS/c1-13-18(19(26)22-15-9-5-3-6-10-15)27-20(21-13)17-14(2)25(24-23-17)16-11-7-4-8-12-16/h4,7-8,11-12,15H,3,5-6,9-10H2,1-2H3,(H,22,26). The molecule has 6 nitrogen and oxygen atoms in total. The van der Waals surface area contributed by atoms with E-state index in [2.05, 4.69) is 20.6 Å². The molecule has 1 aliphatic carbocycles. The third-order valence-electron chi connectivity index (χ3n) is 5.04. The van der Waals surface area contributed by atoms with Crippen molar-refractivity contribution in [2.75, 3.05) is 0 Å². The predicted molar refractivity (Wildman–Crippen MR) is 106 cm³/mol. The highest BCUT2D eigenvalue weighted by atomic mass is 32.1. The first-order chi connectivity index (χ1) is 13.1. The van der Waals surface area contributed by atoms with Crippen LogP contribution in [-0.2, 0) is 0 Å². The SMILES string of the molecule is Cc1nc(-c2nnn(-c3ccccc3)c2C)sc1C(=O)NC1CCCCC1. The number of aryl methyl sites for hydroxylation is 1. The molecule has 27 heavy (non-hydrogen) atoms. The van der Waals surface area contributed by atoms with Gasteiger partial charge in [0.15, 0.2) is 0 Å². The van der Waals surface area contributed by atoms with E-state index in [4.69, 9.17) is 0 Å². The Labute approximate surface area is 162 Å². The van der Waals surface area contributed by atoms with E-state index in [0.717, 1.165) is 40.6 Å². The highest BCUT2D eigenvalue weighted by Gasteiger charge is 2.23. The quantitative estimate of drug-likeness (QED) is 0.739. The van der Waals surface area contributed by atoms with Crippen LogP contribution < -0.4 is 5.32 Å². The number of rotatable bonds is 4. The molecule has 2 aromatic heterocycles. The number of nitrogens with zero attached hydrogens (tertiary/aromatic N) is 4. The van der Waals surface area contributed by atoms with Crippen molar-refractivity contribution in [2.45, 2.75) is 52.0 Å². The lowest BCUT2D eigenvalue weighted by Gasteiger charge is -2.22. The van der Waals surface area contributed by atoms with Gasteiger partial charge in [-0.15, -0.1) is 16.4 Å². The monoisotopic (exact) mass is 381 g/mol. The van der Waals surface area contributed by atoms with E-state index in [9.17, 15) is 4.79 Å². The number of aromatic nitrogens is 4. The van der Waals surface area contributed by atoms with Gasteiger partial charge in [-0.05, 0) is 38.8 Å². The fourth-order valence-electron chi connectivity index (χ4n) is 3.55. The minimum absolute atomic E-state index is 0.0174. The normalized spacial score (nSPS) is 15.0. The average Bonchev–Trinajstić information content (AvgIpc) is 3.26. The first-order valence-electron chi connectivity index (χ1n) is 9.40. The second-order valence-electron chi connectivity index (χ2n) is 7.01. The van der Waals surface area contributed by atoms with Gasteiger partial charge in [-0.25, -0.2) is 9.67 Å². The maximum atomic E-state index is 12.7. The zero-order chi connectivity index (χ0) is 18.8. The van der Waals surface area contributed by atoms with Gasteiger partial charge in [0, 0.05) is 6.04 Å². The minimum atomic E-state index is -0.0174. The van der Waals surface area contributed by atoms with Crippen LogP contribution >= 0.6 is 11.3 Å². The molecule has 0 radical (unpaired) electrons. The molecule has 0 aliphatic heterocycles. The summed E-state index contributed by atoms with van der Waals surface area (Å²) in [6, 6.07) is 10.2. The Morgan fingerprint density at radius 2 is 1.89 bits per heavy atom. The molecule has 140 valence electrons. The first kappa shape index (κ1) is 17.9. The molecule has 1 saturated carbocycles. The molecule has 2 heterocycles. The smallest absolute Gasteiger partial charge is 0.263 e. The van der Waals surface area contributed by atoms with E-state index in [0.29, 0.717) is 4.88 Å². The van der Waals surface area contributed by atoms with Crippen LogP contribution in [0.2, 0.25) is 0 Å². The van der Waals surface area contributed by atoms with Crippen molar-refractivity contribution in [3.8, 4) is 16.4 Å². The third kappa shape index (κ3) is 3.64. The van der Waals surface area contributed by atoms with E-state index < -0.39 is 0 Å². The van der Waals surface area contributed by atoms with Crippen LogP contribution in [0.25, 0.3) is 16.4 Å². The molecule has 7 heteroatoms. The fourth-order valence-corrected chi connectivity index (χ4v) is 4.55. The number of thiazole rings is 1. The molecule has 0 unspecified atom stereocenters. The van der Waals surface area contributed by atoms with Crippen molar-refractivity contribution in [2.24, 2.45) is 0 Å². The Kier molecular flexibility index (Phi) is 5.03. The second-order valence-corrected chi connectivity index (χ2v) is 8.01. The Morgan fingerprint density at radius 3 is 2.63 bits per heavy atom. The van der Waals surface area contributed by atoms with Crippen LogP contribution in [0.4, 0.5) is 0 Å². The van der Waals surface area contributed by atoms with Crippen LogP contribution in [0.15, 0.2) is 30.3 Å². The molecule has 0 spiro atoms. The number of para-hydroxylation sites is 1. The van der Waals surface area contributed by atoms with Crippen molar-refractivity contribution < 1.29 is 4.79 Å². The number of carbonyl (C=O) groups is 1. The van der Waals surface area contributed by atoms with Crippen molar-refractivity contribution >= 4 is 17.2 Å². The lowest BCUT2D eigenvalue weighted by Crippen LogP contribution is -2.36. The van der Waals surface area contributed by atoms with Crippen molar-refractivity contribution in [3.05, 3.63) is 46.6 Å². The van der Waals surface area contributed by atoms with Crippen molar-refractivity contribution in [3.63, 3.8) is 0 Å². The van der Waals surface area contributed by atoms with Gasteiger partial charge in [-0.1, -0.05) is 42.7 Å². The highest BCUT2D eigenvalue weighted by Crippen LogP contribution is 2.30. The van der Waals surface area contributed by atoms with Crippen LogP contribution in [-0.4, -0.2) is 31.9 Å². The van der Waals surface area contributed by atoms with Crippen LogP contribution in [0.1, 0.15) is 53.2 Å². The first-order valence-corrected chi connectivity index (χ1v) is 10.2. The Hall–Kier alpha value is -2.54. The summed E-state index contributed by atoms with van der Waals surface area (Å²) in [6.07, 6.45) is 5.80. The second kappa shape index (κ2) is 7.60. The topological polar surface area (TPSA) is 72.7 Å². The number of benzene rings is 1. The predicted octanol–water partition coefficient (Wildman–Crippen LogP) is 4.07. The number of nitrogens with one attached hydrogen (secondary N) is 1. The average molecular weight is 382 g/mol. The van der Waals surface area contributed by atoms with Gasteiger partial charge in [0.25, 0.3) is 5.91 Å². The van der Waals surface area contributed by atoms with Gasteiger partial charge >= 0.3 is 0 Å². The van der Waals surface area contributed by atoms with Gasteiger partial charge in [0.05, 0.1) is 17.1 Å². The largest absolute Gasteiger partial charge is 0.349 e. The molecular formula is C20H23N5OS. The summed E-state index contributed by atoms with van der Waals surface area (Å²) < 4.78 is 1.80. The molecule has 4 rings (SSSR count). The van der Waals surface area contributed by atoms with Gasteiger partial charge in [-0.2, -0.15) is 0 Å². The highest BCUT2D eigenvalue weighted by molar-refractivity contribution is 7.17. The molecule has 1 fully saturated rings. The van der Waals surface area contributed by atoms with E-state index in [-0.39, 0.29) is 11.9 Å². The summed E-state index contributed by atoms with van der Waals surface area (Å²) in [5.41, 5.74) is 3.34. The van der Waals surface area contributed by atoms with E-state index in [1.807, 2.05) is 44.2 Å². The van der Waals surface area contributed by atoms with Gasteiger partial charge in [-0.3, -0.25) is 4.79 Å². The Balaban J connectivity index is 1.58. The summed E-state index contributed by atoms with van der Waals surface area (Å²) in [4.78, 5) is 18.0. The molecule has 1 amide bonds. The summed E-state index contributed by atoms with van der Waals surface area (Å²) in [5, 5.41) is 12.5. The Morgan fingerprint density at radius 1 is 1.15 bits per heavy atom. The maximum Gasteiger partial charge on any atom is 0.263 e. The summed E-state index contributed by atoms with van der Waals surface area (Å²) in [6.45, 7) is 3.85. The third-order valence-corrected chi connectivity index (χ3v) is 6.20. The Bertz CT molecular complexity index is 941. The number of hydrogen-bond donors (Lipinski definition) is 1. The number of carbonyl (C=O) groups excluding carboxylic acids is 1. The van der Waals surface area contributed by atoms with Crippen molar-refractivity contribution in [1.82, 2.24) is 25.3 Å². The lowest BCUT2D eigenvalue weighted by molar-refractivity contribution is 0.0931. The lowest BCUT2D eigenvalue weighted by atomic mass is 9.95.